The summed E-state index contributed by atoms with van der Waals surface area (Å²) in [7, 11) is 0. The number of pyridine rings is 2. The monoisotopic (exact) mass is 434 g/mol. The Morgan fingerprint density at radius 1 is 1.17 bits per heavy atom. The molecule has 30 heavy (non-hydrogen) atoms. The van der Waals surface area contributed by atoms with Gasteiger partial charge in [0.25, 0.3) is 0 Å². The zero-order valence-electron chi connectivity index (χ0n) is 16.2. The molecule has 0 aliphatic carbocycles. The van der Waals surface area contributed by atoms with Gasteiger partial charge in [-0.15, -0.1) is 0 Å². The molecule has 156 valence electrons. The average Bonchev–Trinajstić information content (AvgIpc) is 2.71. The molecule has 0 N–H and O–H groups in total. The Bertz CT molecular complexity index is 1040. The summed E-state index contributed by atoms with van der Waals surface area (Å²) in [5.74, 6) is 0.934. The smallest absolute Gasteiger partial charge is 0.417 e. The van der Waals surface area contributed by atoms with Crippen molar-refractivity contribution in [2.45, 2.75) is 20.0 Å². The molecule has 2 aromatic heterocycles. The number of nitrogens with zero attached hydrogens (tertiary/aromatic N) is 4. The fraction of sp³-hybridized carbons (Fsp3) is 0.190. The summed E-state index contributed by atoms with van der Waals surface area (Å²) in [6.07, 6.45) is 0.251. The number of aryl methyl sites for hydroxylation is 1. The number of hydrogen-bond donors (Lipinski definition) is 0. The van der Waals surface area contributed by atoms with Gasteiger partial charge in [0, 0.05) is 18.3 Å². The minimum absolute atomic E-state index is 0.00844. The van der Waals surface area contributed by atoms with Gasteiger partial charge in [-0.25, -0.2) is 15.0 Å². The van der Waals surface area contributed by atoms with Crippen LogP contribution in [0, 0.1) is 6.92 Å². The van der Waals surface area contributed by atoms with E-state index in [2.05, 4.69) is 15.0 Å². The second kappa shape index (κ2) is 9.13. The Morgan fingerprint density at radius 2 is 1.97 bits per heavy atom. The lowest BCUT2D eigenvalue weighted by atomic mass is 10.2. The van der Waals surface area contributed by atoms with Crippen molar-refractivity contribution >= 4 is 29.4 Å². The van der Waals surface area contributed by atoms with Crippen LogP contribution >= 0.6 is 11.6 Å². The SMILES string of the molecule is CCN(/C=N\c1cnc(Oc2ccc(Cl)c(C(F)(F)F)c2)c(C)c1)c1ccccn1. The van der Waals surface area contributed by atoms with Crippen LogP contribution in [0.2, 0.25) is 5.02 Å². The topological polar surface area (TPSA) is 50.6 Å². The van der Waals surface area contributed by atoms with Gasteiger partial charge in [-0.05, 0) is 50.2 Å². The molecule has 0 aliphatic heterocycles. The van der Waals surface area contributed by atoms with Crippen LogP contribution in [0.25, 0.3) is 0 Å². The number of aliphatic imine (C=N–C) groups is 1. The average molecular weight is 435 g/mol. The Balaban J connectivity index is 1.77. The molecule has 0 radical (unpaired) electrons. The van der Waals surface area contributed by atoms with E-state index in [0.717, 1.165) is 18.0 Å². The maximum atomic E-state index is 13.0. The second-order valence-electron chi connectivity index (χ2n) is 6.28. The van der Waals surface area contributed by atoms with Crippen LogP contribution < -0.4 is 9.64 Å². The van der Waals surface area contributed by atoms with E-state index in [1.807, 2.05) is 30.0 Å². The fourth-order valence-electron chi connectivity index (χ4n) is 2.58. The number of anilines is 1. The number of ether oxygens (including phenoxy) is 1. The summed E-state index contributed by atoms with van der Waals surface area (Å²) in [6, 6.07) is 10.7. The molecule has 0 atom stereocenters. The number of rotatable bonds is 6. The van der Waals surface area contributed by atoms with Gasteiger partial charge in [-0.1, -0.05) is 17.7 Å². The highest BCUT2D eigenvalue weighted by molar-refractivity contribution is 6.31. The lowest BCUT2D eigenvalue weighted by molar-refractivity contribution is -0.137. The van der Waals surface area contributed by atoms with Crippen LogP contribution in [-0.4, -0.2) is 22.9 Å². The molecule has 3 rings (SSSR count). The highest BCUT2D eigenvalue weighted by Gasteiger charge is 2.33. The van der Waals surface area contributed by atoms with Gasteiger partial charge in [0.2, 0.25) is 5.88 Å². The third-order valence-corrected chi connectivity index (χ3v) is 4.43. The van der Waals surface area contributed by atoms with Crippen molar-refractivity contribution in [1.82, 2.24) is 9.97 Å². The first-order valence-corrected chi connectivity index (χ1v) is 9.39. The van der Waals surface area contributed by atoms with E-state index in [1.165, 1.54) is 12.3 Å². The predicted molar refractivity (Wildman–Crippen MR) is 111 cm³/mol. The maximum absolute atomic E-state index is 13.0. The van der Waals surface area contributed by atoms with Gasteiger partial charge in [-0.2, -0.15) is 13.2 Å². The Kier molecular flexibility index (Phi) is 6.56. The van der Waals surface area contributed by atoms with Gasteiger partial charge >= 0.3 is 6.18 Å². The largest absolute Gasteiger partial charge is 0.439 e. The van der Waals surface area contributed by atoms with Gasteiger partial charge in [0.1, 0.15) is 11.6 Å². The normalized spacial score (nSPS) is 11.7. The van der Waals surface area contributed by atoms with E-state index >= 15 is 0 Å². The molecule has 0 saturated heterocycles. The van der Waals surface area contributed by atoms with Crippen molar-refractivity contribution in [2.24, 2.45) is 4.99 Å². The van der Waals surface area contributed by atoms with Crippen molar-refractivity contribution in [1.29, 1.82) is 0 Å². The number of alkyl halides is 3. The van der Waals surface area contributed by atoms with Crippen LogP contribution in [0.5, 0.6) is 11.6 Å². The third kappa shape index (κ3) is 5.27. The van der Waals surface area contributed by atoms with Crippen LogP contribution in [0.4, 0.5) is 24.7 Å². The summed E-state index contributed by atoms with van der Waals surface area (Å²) in [5.41, 5.74) is 0.227. The van der Waals surface area contributed by atoms with Gasteiger partial charge in [0.15, 0.2) is 0 Å². The molecule has 0 unspecified atom stereocenters. The first kappa shape index (κ1) is 21.6. The molecule has 5 nitrogen and oxygen atoms in total. The van der Waals surface area contributed by atoms with Crippen molar-refractivity contribution < 1.29 is 17.9 Å². The van der Waals surface area contributed by atoms with Crippen molar-refractivity contribution in [3.8, 4) is 11.6 Å². The molecule has 0 spiro atoms. The Hall–Kier alpha value is -3.13. The van der Waals surface area contributed by atoms with Crippen molar-refractivity contribution in [3.05, 3.63) is 71.0 Å². The quantitative estimate of drug-likeness (QED) is 0.331. The third-order valence-electron chi connectivity index (χ3n) is 4.10. The summed E-state index contributed by atoms with van der Waals surface area (Å²) >= 11 is 5.64. The Morgan fingerprint density at radius 3 is 2.60 bits per heavy atom. The molecule has 0 fully saturated rings. The molecular weight excluding hydrogens is 417 g/mol. The van der Waals surface area contributed by atoms with Gasteiger partial charge in [0.05, 0.1) is 28.8 Å². The van der Waals surface area contributed by atoms with E-state index in [4.69, 9.17) is 16.3 Å². The molecule has 0 saturated carbocycles. The summed E-state index contributed by atoms with van der Waals surface area (Å²) in [6.45, 7) is 4.38. The van der Waals surface area contributed by atoms with Crippen LogP contribution in [-0.2, 0) is 6.18 Å². The molecule has 3 aromatic rings. The van der Waals surface area contributed by atoms with Crippen molar-refractivity contribution in [2.75, 3.05) is 11.4 Å². The van der Waals surface area contributed by atoms with Crippen LogP contribution in [0.15, 0.2) is 59.9 Å². The number of hydrogen-bond acceptors (Lipinski definition) is 4. The maximum Gasteiger partial charge on any atom is 0.417 e. The summed E-state index contributed by atoms with van der Waals surface area (Å²) < 4.78 is 44.6. The molecule has 0 amide bonds. The zero-order valence-corrected chi connectivity index (χ0v) is 16.9. The highest BCUT2D eigenvalue weighted by Crippen LogP contribution is 2.38. The molecule has 9 heteroatoms. The molecule has 0 aliphatic rings. The fourth-order valence-corrected chi connectivity index (χ4v) is 2.81. The molecule has 1 aromatic carbocycles. The lowest BCUT2D eigenvalue weighted by Gasteiger charge is -2.15. The standard InChI is InChI=1S/C21H18ClF3N4O/c1-3-29(19-6-4-5-9-26-19)13-28-15-10-14(2)20(27-12-15)30-16-7-8-18(22)17(11-16)21(23,24)25/h4-13H,3H2,1-2H3/b28-13-. The minimum atomic E-state index is -4.57. The minimum Gasteiger partial charge on any atom is -0.439 e. The first-order valence-electron chi connectivity index (χ1n) is 9.01. The lowest BCUT2D eigenvalue weighted by Crippen LogP contribution is -2.21. The van der Waals surface area contributed by atoms with E-state index in [-0.39, 0.29) is 11.6 Å². The van der Waals surface area contributed by atoms with Gasteiger partial charge < -0.3 is 9.64 Å². The van der Waals surface area contributed by atoms with E-state index in [9.17, 15) is 13.2 Å². The zero-order chi connectivity index (χ0) is 21.7. The first-order chi connectivity index (χ1) is 14.3. The molecule has 0 bridgehead atoms. The predicted octanol–water partition coefficient (Wildman–Crippen LogP) is 6.44. The van der Waals surface area contributed by atoms with Gasteiger partial charge in [-0.3, -0.25) is 0 Å². The van der Waals surface area contributed by atoms with Crippen LogP contribution in [0.3, 0.4) is 0 Å². The van der Waals surface area contributed by atoms with Crippen LogP contribution in [0.1, 0.15) is 18.1 Å². The Labute approximate surface area is 176 Å². The number of benzene rings is 1. The number of aromatic nitrogens is 2. The molecule has 2 heterocycles. The molecular formula is C21H18ClF3N4O. The van der Waals surface area contributed by atoms with E-state index in [1.54, 1.807) is 25.5 Å². The van der Waals surface area contributed by atoms with E-state index < -0.39 is 16.8 Å². The second-order valence-corrected chi connectivity index (χ2v) is 6.68. The summed E-state index contributed by atoms with van der Waals surface area (Å²) in [5, 5.41) is -0.391. The van der Waals surface area contributed by atoms with E-state index in [0.29, 0.717) is 17.8 Å². The summed E-state index contributed by atoms with van der Waals surface area (Å²) in [4.78, 5) is 14.7. The highest BCUT2D eigenvalue weighted by atomic mass is 35.5. The number of halogens is 4. The van der Waals surface area contributed by atoms with Crippen molar-refractivity contribution in [3.63, 3.8) is 0 Å².